The molecule has 2 aromatic carbocycles. The number of hydrogen-bond acceptors (Lipinski definition) is 7. The predicted octanol–water partition coefficient (Wildman–Crippen LogP) is 5.05. The van der Waals surface area contributed by atoms with Crippen LogP contribution in [0.5, 0.6) is 0 Å². The third-order valence-electron chi connectivity index (χ3n) is 8.02. The zero-order chi connectivity index (χ0) is 31.7. The number of amides is 3. The van der Waals surface area contributed by atoms with Gasteiger partial charge in [-0.1, -0.05) is 19.9 Å². The van der Waals surface area contributed by atoms with Crippen LogP contribution in [-0.4, -0.2) is 36.9 Å². The number of fused-ring (bicyclic) bond motifs is 3. The lowest BCUT2D eigenvalue weighted by Crippen LogP contribution is -2.33. The number of carbonyl (C=O) groups excluding carboxylic acids is 2. The van der Waals surface area contributed by atoms with E-state index in [0.29, 0.717) is 44.6 Å². The molecule has 0 saturated heterocycles. The SMILES string of the molecule is CC(C)CNS(=O)(=O)c1cc2c(c3cnc(C4CC4)cc13)[C@H](NC(=O)c1cccnc1)C[C@H]2NC(=O)Nc1cccc(C#N)c1. The molecule has 6 rings (SSSR count). The molecule has 45 heavy (non-hydrogen) atoms. The van der Waals surface area contributed by atoms with Crippen LogP contribution in [0.4, 0.5) is 10.5 Å². The number of carbonyl (C=O) groups is 2. The van der Waals surface area contributed by atoms with Gasteiger partial charge in [0.05, 0.1) is 34.2 Å². The molecule has 11 nitrogen and oxygen atoms in total. The summed E-state index contributed by atoms with van der Waals surface area (Å²) in [6.45, 7) is 4.12. The van der Waals surface area contributed by atoms with Gasteiger partial charge in [0, 0.05) is 53.2 Å². The van der Waals surface area contributed by atoms with Gasteiger partial charge < -0.3 is 16.0 Å². The van der Waals surface area contributed by atoms with Crippen LogP contribution in [0.25, 0.3) is 10.8 Å². The van der Waals surface area contributed by atoms with Crippen LogP contribution in [0.1, 0.15) is 83.9 Å². The highest BCUT2D eigenvalue weighted by Gasteiger charge is 2.38. The van der Waals surface area contributed by atoms with Gasteiger partial charge >= 0.3 is 6.03 Å². The first-order chi connectivity index (χ1) is 21.6. The Labute approximate surface area is 261 Å². The van der Waals surface area contributed by atoms with Gasteiger partial charge in [-0.05, 0) is 78.8 Å². The number of nitriles is 1. The smallest absolute Gasteiger partial charge is 0.319 e. The minimum Gasteiger partial charge on any atom is -0.345 e. The number of nitrogens with zero attached hydrogens (tertiary/aromatic N) is 3. The molecule has 3 amide bonds. The lowest BCUT2D eigenvalue weighted by molar-refractivity contribution is 0.0935. The molecule has 0 aliphatic heterocycles. The second-order valence-corrected chi connectivity index (χ2v) is 13.6. The quantitative estimate of drug-likeness (QED) is 0.202. The summed E-state index contributed by atoms with van der Waals surface area (Å²) in [5.41, 5.74) is 3.32. The molecule has 12 heteroatoms. The lowest BCUT2D eigenvalue weighted by atomic mass is 9.98. The summed E-state index contributed by atoms with van der Waals surface area (Å²) >= 11 is 0. The Kier molecular flexibility index (Phi) is 8.22. The van der Waals surface area contributed by atoms with E-state index in [9.17, 15) is 23.3 Å². The topological polar surface area (TPSA) is 166 Å². The summed E-state index contributed by atoms with van der Waals surface area (Å²) in [4.78, 5) is 35.4. The van der Waals surface area contributed by atoms with E-state index in [1.807, 2.05) is 26.0 Å². The molecule has 0 bridgehead atoms. The van der Waals surface area contributed by atoms with E-state index in [2.05, 4.69) is 25.7 Å². The second-order valence-electron chi connectivity index (χ2n) is 11.9. The van der Waals surface area contributed by atoms with Crippen LogP contribution in [-0.2, 0) is 10.0 Å². The fraction of sp³-hybridized carbons (Fsp3) is 0.303. The van der Waals surface area contributed by atoms with E-state index in [1.54, 1.807) is 54.9 Å². The summed E-state index contributed by atoms with van der Waals surface area (Å²) in [5.74, 6) is 0.0397. The maximum absolute atomic E-state index is 13.8. The molecule has 2 aliphatic rings. The fourth-order valence-electron chi connectivity index (χ4n) is 5.68. The van der Waals surface area contributed by atoms with Crippen LogP contribution in [0.15, 0.2) is 72.0 Å². The molecule has 2 aromatic heterocycles. The van der Waals surface area contributed by atoms with Crippen LogP contribution in [0, 0.1) is 17.2 Å². The van der Waals surface area contributed by atoms with E-state index < -0.39 is 28.1 Å². The molecule has 0 spiro atoms. The van der Waals surface area contributed by atoms with Gasteiger partial charge in [0.25, 0.3) is 5.91 Å². The molecule has 0 radical (unpaired) electrons. The van der Waals surface area contributed by atoms with Crippen molar-refractivity contribution in [2.24, 2.45) is 5.92 Å². The Bertz CT molecular complexity index is 1940. The number of aromatic nitrogens is 2. The number of rotatable bonds is 9. The maximum Gasteiger partial charge on any atom is 0.319 e. The van der Waals surface area contributed by atoms with Gasteiger partial charge in [0.1, 0.15) is 0 Å². The zero-order valence-corrected chi connectivity index (χ0v) is 25.7. The Morgan fingerprint density at radius 2 is 1.84 bits per heavy atom. The molecular weight excluding hydrogens is 590 g/mol. The number of urea groups is 1. The van der Waals surface area contributed by atoms with Crippen molar-refractivity contribution >= 4 is 38.4 Å². The molecule has 1 fully saturated rings. The molecule has 4 aromatic rings. The summed E-state index contributed by atoms with van der Waals surface area (Å²) in [7, 11) is -3.95. The van der Waals surface area contributed by atoms with Crippen LogP contribution in [0.2, 0.25) is 0 Å². The number of hydrogen-bond donors (Lipinski definition) is 4. The maximum atomic E-state index is 13.8. The molecule has 2 aliphatic carbocycles. The number of pyridine rings is 2. The lowest BCUT2D eigenvalue weighted by Gasteiger charge is -2.19. The molecule has 0 unspecified atom stereocenters. The average Bonchev–Trinajstić information content (AvgIpc) is 3.83. The highest BCUT2D eigenvalue weighted by molar-refractivity contribution is 7.89. The van der Waals surface area contributed by atoms with Crippen molar-refractivity contribution in [3.63, 3.8) is 0 Å². The Morgan fingerprint density at radius 1 is 1.02 bits per heavy atom. The minimum atomic E-state index is -3.95. The second kappa shape index (κ2) is 12.3. The van der Waals surface area contributed by atoms with Gasteiger partial charge in [-0.25, -0.2) is 17.9 Å². The van der Waals surface area contributed by atoms with Crippen LogP contribution in [0.3, 0.4) is 0 Å². The summed E-state index contributed by atoms with van der Waals surface area (Å²) < 4.78 is 30.3. The summed E-state index contributed by atoms with van der Waals surface area (Å²) in [6, 6.07) is 13.6. The third-order valence-corrected chi connectivity index (χ3v) is 9.49. The van der Waals surface area contributed by atoms with Crippen molar-refractivity contribution in [2.45, 2.75) is 56.0 Å². The Balaban J connectivity index is 1.43. The van der Waals surface area contributed by atoms with Gasteiger partial charge in [0.2, 0.25) is 10.0 Å². The zero-order valence-electron chi connectivity index (χ0n) is 24.9. The highest BCUT2D eigenvalue weighted by atomic mass is 32.2. The Morgan fingerprint density at radius 3 is 2.56 bits per heavy atom. The third kappa shape index (κ3) is 6.50. The van der Waals surface area contributed by atoms with Gasteiger partial charge in [-0.3, -0.25) is 14.8 Å². The number of anilines is 1. The van der Waals surface area contributed by atoms with Crippen molar-refractivity contribution in [3.05, 3.63) is 95.1 Å². The van der Waals surface area contributed by atoms with Crippen molar-refractivity contribution in [2.75, 3.05) is 11.9 Å². The molecule has 2 atom stereocenters. The first-order valence-electron chi connectivity index (χ1n) is 14.9. The number of sulfonamides is 1. The monoisotopic (exact) mass is 623 g/mol. The van der Waals surface area contributed by atoms with Gasteiger partial charge in [-0.15, -0.1) is 0 Å². The average molecular weight is 624 g/mol. The predicted molar refractivity (Wildman–Crippen MR) is 169 cm³/mol. The first-order valence-corrected chi connectivity index (χ1v) is 16.4. The van der Waals surface area contributed by atoms with Crippen molar-refractivity contribution in [1.29, 1.82) is 5.26 Å². The standard InChI is InChI=1S/C33H33N7O4S/c1-19(2)16-37-45(43,44)30-13-25-28(40-33(42)38-23-7-3-5-20(11-23)15-34)14-29(39-32(41)22-6-4-10-35-17-22)31(25)26-18-36-27(12-24(26)30)21-8-9-21/h3-7,10-13,17-19,21,28-29,37H,8-9,14,16H2,1-2H3,(H,39,41)(H2,38,40,42)/t28-,29-/m1/s1. The van der Waals surface area contributed by atoms with Crippen molar-refractivity contribution in [3.8, 4) is 6.07 Å². The fourth-order valence-corrected chi connectivity index (χ4v) is 7.13. The van der Waals surface area contributed by atoms with E-state index in [-0.39, 0.29) is 29.7 Å². The normalized spacial score (nSPS) is 17.5. The largest absolute Gasteiger partial charge is 0.345 e. The van der Waals surface area contributed by atoms with Crippen molar-refractivity contribution in [1.82, 2.24) is 25.3 Å². The van der Waals surface area contributed by atoms with Gasteiger partial charge in [0.15, 0.2) is 0 Å². The molecule has 230 valence electrons. The van der Waals surface area contributed by atoms with E-state index in [4.69, 9.17) is 4.98 Å². The first kappa shape index (κ1) is 30.2. The summed E-state index contributed by atoms with van der Waals surface area (Å²) in [5, 5.41) is 19.2. The van der Waals surface area contributed by atoms with E-state index in [0.717, 1.165) is 18.5 Å². The van der Waals surface area contributed by atoms with E-state index in [1.165, 1.54) is 6.20 Å². The molecule has 1 saturated carbocycles. The molecule has 2 heterocycles. The molecular formula is C33H33N7O4S. The van der Waals surface area contributed by atoms with Crippen molar-refractivity contribution < 1.29 is 18.0 Å². The number of nitrogens with one attached hydrogen (secondary N) is 4. The Hall–Kier alpha value is -4.86. The molecule has 4 N–H and O–H groups in total. The van der Waals surface area contributed by atoms with Crippen LogP contribution >= 0.6 is 0 Å². The van der Waals surface area contributed by atoms with Gasteiger partial charge in [-0.2, -0.15) is 5.26 Å². The van der Waals surface area contributed by atoms with Crippen LogP contribution < -0.4 is 20.7 Å². The summed E-state index contributed by atoms with van der Waals surface area (Å²) in [6.07, 6.45) is 7.02. The highest BCUT2D eigenvalue weighted by Crippen LogP contribution is 2.47. The number of benzene rings is 2. The minimum absolute atomic E-state index is 0.0916. The van der Waals surface area contributed by atoms with E-state index >= 15 is 0 Å².